The van der Waals surface area contributed by atoms with Gasteiger partial charge in [0, 0.05) is 53.7 Å². The Kier molecular flexibility index (Phi) is 2.69. The van der Waals surface area contributed by atoms with Gasteiger partial charge in [-0.25, -0.2) is 0 Å². The Morgan fingerprint density at radius 3 is 2.62 bits per heavy atom. The van der Waals surface area contributed by atoms with Crippen LogP contribution in [0.2, 0.25) is 5.02 Å². The molecule has 4 rings (SSSR count). The lowest BCUT2D eigenvalue weighted by atomic mass is 10.1. The van der Waals surface area contributed by atoms with Crippen molar-refractivity contribution >= 4 is 33.4 Å². The first-order chi connectivity index (χ1) is 10.2. The van der Waals surface area contributed by atoms with Crippen LogP contribution < -0.4 is 0 Å². The Morgan fingerprint density at radius 2 is 1.76 bits per heavy atom. The number of nitrogens with zero attached hydrogens (tertiary/aromatic N) is 3. The van der Waals surface area contributed by atoms with Gasteiger partial charge in [-0.3, -0.25) is 9.97 Å². The Hall–Kier alpha value is -2.39. The highest BCUT2D eigenvalue weighted by atomic mass is 35.5. The molecule has 4 aromatic rings. The molecular weight excluding hydrogens is 282 g/mol. The summed E-state index contributed by atoms with van der Waals surface area (Å²) >= 11 is 6.03. The van der Waals surface area contributed by atoms with Crippen LogP contribution in [0.25, 0.3) is 32.9 Å². The fourth-order valence-electron chi connectivity index (χ4n) is 2.80. The van der Waals surface area contributed by atoms with E-state index in [0.717, 1.165) is 11.1 Å². The molecule has 3 heterocycles. The molecule has 0 unspecified atom stereocenters. The Bertz CT molecular complexity index is 972. The van der Waals surface area contributed by atoms with E-state index in [1.165, 1.54) is 21.8 Å². The number of rotatable bonds is 1. The Balaban J connectivity index is 2.02. The van der Waals surface area contributed by atoms with Gasteiger partial charge in [-0.2, -0.15) is 0 Å². The van der Waals surface area contributed by atoms with E-state index in [0.29, 0.717) is 5.02 Å². The van der Waals surface area contributed by atoms with Crippen LogP contribution in [0.3, 0.4) is 0 Å². The van der Waals surface area contributed by atoms with Crippen molar-refractivity contribution in [2.75, 3.05) is 0 Å². The largest absolute Gasteiger partial charge is 0.343 e. The number of pyridine rings is 2. The van der Waals surface area contributed by atoms with Gasteiger partial charge in [-0.05, 0) is 23.8 Å². The zero-order valence-corrected chi connectivity index (χ0v) is 12.2. The van der Waals surface area contributed by atoms with E-state index in [1.807, 2.05) is 30.7 Å². The summed E-state index contributed by atoms with van der Waals surface area (Å²) in [5.74, 6) is 0. The van der Waals surface area contributed by atoms with Gasteiger partial charge in [0.05, 0.1) is 10.5 Å². The zero-order chi connectivity index (χ0) is 14.4. The molecule has 0 saturated heterocycles. The number of hydrogen-bond donors (Lipinski definition) is 0. The standard InChI is InChI=1S/C17H12ClN3/c1-21-16-4-5-19-10-15(16)14-3-2-11(7-17(14)21)12-6-13(18)9-20-8-12/h2-10H,1H3. The van der Waals surface area contributed by atoms with Gasteiger partial charge in [-0.15, -0.1) is 0 Å². The molecule has 0 atom stereocenters. The molecule has 102 valence electrons. The summed E-state index contributed by atoms with van der Waals surface area (Å²) in [6.07, 6.45) is 7.21. The molecule has 21 heavy (non-hydrogen) atoms. The predicted octanol–water partition coefficient (Wildman–Crippen LogP) is 4.44. The molecule has 0 aliphatic heterocycles. The van der Waals surface area contributed by atoms with E-state index in [4.69, 9.17) is 11.6 Å². The fraction of sp³-hybridized carbons (Fsp3) is 0.0588. The molecular formula is C17H12ClN3. The van der Waals surface area contributed by atoms with Crippen LogP contribution in [0.5, 0.6) is 0 Å². The van der Waals surface area contributed by atoms with Gasteiger partial charge in [0.15, 0.2) is 0 Å². The highest BCUT2D eigenvalue weighted by molar-refractivity contribution is 6.30. The minimum absolute atomic E-state index is 0.647. The Labute approximate surface area is 126 Å². The maximum absolute atomic E-state index is 6.03. The van der Waals surface area contributed by atoms with Crippen molar-refractivity contribution in [1.82, 2.24) is 14.5 Å². The summed E-state index contributed by atoms with van der Waals surface area (Å²) < 4.78 is 2.19. The number of halogens is 1. The van der Waals surface area contributed by atoms with Crippen molar-refractivity contribution in [2.45, 2.75) is 0 Å². The summed E-state index contributed by atoms with van der Waals surface area (Å²) in [5.41, 5.74) is 4.49. The van der Waals surface area contributed by atoms with Crippen LogP contribution in [-0.2, 0) is 7.05 Å². The number of aryl methyl sites for hydroxylation is 1. The third-order valence-electron chi connectivity index (χ3n) is 3.85. The van der Waals surface area contributed by atoms with E-state index >= 15 is 0 Å². The molecule has 0 fully saturated rings. The van der Waals surface area contributed by atoms with Crippen molar-refractivity contribution in [3.8, 4) is 11.1 Å². The van der Waals surface area contributed by atoms with Crippen molar-refractivity contribution < 1.29 is 0 Å². The first kappa shape index (κ1) is 12.4. The molecule has 3 aromatic heterocycles. The molecule has 1 aromatic carbocycles. The molecule has 3 nitrogen and oxygen atoms in total. The van der Waals surface area contributed by atoms with E-state index in [-0.39, 0.29) is 0 Å². The van der Waals surface area contributed by atoms with Crippen molar-refractivity contribution in [3.63, 3.8) is 0 Å². The highest BCUT2D eigenvalue weighted by Gasteiger charge is 2.09. The van der Waals surface area contributed by atoms with Crippen LogP contribution in [0.4, 0.5) is 0 Å². The second kappa shape index (κ2) is 4.57. The van der Waals surface area contributed by atoms with Crippen molar-refractivity contribution in [2.24, 2.45) is 7.05 Å². The SMILES string of the molecule is Cn1c2ccncc2c2ccc(-c3cncc(Cl)c3)cc21. The average molecular weight is 294 g/mol. The smallest absolute Gasteiger partial charge is 0.0595 e. The zero-order valence-electron chi connectivity index (χ0n) is 11.4. The second-order valence-electron chi connectivity index (χ2n) is 5.08. The Morgan fingerprint density at radius 1 is 0.857 bits per heavy atom. The lowest BCUT2D eigenvalue weighted by molar-refractivity contribution is 1.01. The number of benzene rings is 1. The summed E-state index contributed by atoms with van der Waals surface area (Å²) in [6.45, 7) is 0. The van der Waals surface area contributed by atoms with Crippen LogP contribution in [0.15, 0.2) is 55.1 Å². The summed E-state index contributed by atoms with van der Waals surface area (Å²) in [6, 6.07) is 10.4. The molecule has 0 radical (unpaired) electrons. The van der Waals surface area contributed by atoms with Crippen LogP contribution in [0, 0.1) is 0 Å². The monoisotopic (exact) mass is 293 g/mol. The molecule has 0 aliphatic rings. The second-order valence-corrected chi connectivity index (χ2v) is 5.51. The van der Waals surface area contributed by atoms with Crippen LogP contribution in [0.1, 0.15) is 0 Å². The highest BCUT2D eigenvalue weighted by Crippen LogP contribution is 2.31. The first-order valence-corrected chi connectivity index (χ1v) is 7.05. The molecule has 0 aliphatic carbocycles. The van der Waals surface area contributed by atoms with Gasteiger partial charge < -0.3 is 4.57 Å². The van der Waals surface area contributed by atoms with Crippen molar-refractivity contribution in [3.05, 3.63) is 60.1 Å². The topological polar surface area (TPSA) is 30.7 Å². The van der Waals surface area contributed by atoms with Crippen LogP contribution in [-0.4, -0.2) is 14.5 Å². The minimum atomic E-state index is 0.647. The van der Waals surface area contributed by atoms with Gasteiger partial charge in [0.2, 0.25) is 0 Å². The molecule has 0 spiro atoms. The predicted molar refractivity (Wildman–Crippen MR) is 86.5 cm³/mol. The summed E-state index contributed by atoms with van der Waals surface area (Å²) in [4.78, 5) is 8.38. The third kappa shape index (κ3) is 1.89. The van der Waals surface area contributed by atoms with E-state index in [1.54, 1.807) is 6.20 Å². The van der Waals surface area contributed by atoms with E-state index < -0.39 is 0 Å². The van der Waals surface area contributed by atoms with Crippen LogP contribution >= 0.6 is 11.6 Å². The molecule has 0 saturated carbocycles. The van der Waals surface area contributed by atoms with Gasteiger partial charge in [0.1, 0.15) is 0 Å². The summed E-state index contributed by atoms with van der Waals surface area (Å²) in [7, 11) is 2.07. The third-order valence-corrected chi connectivity index (χ3v) is 4.05. The van der Waals surface area contributed by atoms with E-state index in [9.17, 15) is 0 Å². The number of aromatic nitrogens is 3. The molecule has 4 heteroatoms. The maximum atomic E-state index is 6.03. The van der Waals surface area contributed by atoms with Gasteiger partial charge >= 0.3 is 0 Å². The average Bonchev–Trinajstić information content (AvgIpc) is 2.81. The van der Waals surface area contributed by atoms with E-state index in [2.05, 4.69) is 39.8 Å². The van der Waals surface area contributed by atoms with Crippen molar-refractivity contribution in [1.29, 1.82) is 0 Å². The fourth-order valence-corrected chi connectivity index (χ4v) is 2.98. The molecule has 0 N–H and O–H groups in total. The minimum Gasteiger partial charge on any atom is -0.343 e. The van der Waals surface area contributed by atoms with Gasteiger partial charge in [-0.1, -0.05) is 23.7 Å². The molecule has 0 bridgehead atoms. The molecule has 0 amide bonds. The maximum Gasteiger partial charge on any atom is 0.0595 e. The number of hydrogen-bond acceptors (Lipinski definition) is 2. The normalized spacial score (nSPS) is 11.3. The lowest BCUT2D eigenvalue weighted by Gasteiger charge is -2.03. The quantitative estimate of drug-likeness (QED) is 0.519. The lowest BCUT2D eigenvalue weighted by Crippen LogP contribution is -1.87. The number of fused-ring (bicyclic) bond motifs is 3. The first-order valence-electron chi connectivity index (χ1n) is 6.67. The van der Waals surface area contributed by atoms with Gasteiger partial charge in [0.25, 0.3) is 0 Å². The summed E-state index contributed by atoms with van der Waals surface area (Å²) in [5, 5.41) is 3.03.